The molecule has 1 aromatic heterocycles. The zero-order chi connectivity index (χ0) is 16.4. The van der Waals surface area contributed by atoms with Gasteiger partial charge in [-0.2, -0.15) is 0 Å². The molecule has 0 saturated carbocycles. The Labute approximate surface area is 134 Å². The van der Waals surface area contributed by atoms with Crippen LogP contribution in [0.5, 0.6) is 23.0 Å². The van der Waals surface area contributed by atoms with E-state index in [1.54, 1.807) is 28.4 Å². The largest absolute Gasteiger partial charge is 0.497 e. The maximum atomic E-state index is 5.48. The summed E-state index contributed by atoms with van der Waals surface area (Å²) < 4.78 is 21.5. The zero-order valence-electron chi connectivity index (χ0n) is 13.6. The summed E-state index contributed by atoms with van der Waals surface area (Å²) in [6.45, 7) is 0. The second-order valence-electron chi connectivity index (χ2n) is 5.04. The molecule has 0 unspecified atom stereocenters. The van der Waals surface area contributed by atoms with Gasteiger partial charge in [0, 0.05) is 29.1 Å². The van der Waals surface area contributed by atoms with Gasteiger partial charge in [0.05, 0.1) is 39.6 Å². The Morgan fingerprint density at radius 1 is 0.696 bits per heavy atom. The van der Waals surface area contributed by atoms with Crippen molar-refractivity contribution >= 4 is 10.9 Å². The van der Waals surface area contributed by atoms with E-state index in [0.717, 1.165) is 45.2 Å². The molecule has 0 bridgehead atoms. The Morgan fingerprint density at radius 2 is 1.39 bits per heavy atom. The lowest BCUT2D eigenvalue weighted by molar-refractivity contribution is 0.395. The molecule has 1 N–H and O–H groups in total. The summed E-state index contributed by atoms with van der Waals surface area (Å²) in [4.78, 5) is 3.39. The Hall–Kier alpha value is -2.82. The molecule has 3 aromatic rings. The number of methoxy groups -OCH3 is 4. The van der Waals surface area contributed by atoms with Crippen LogP contribution in [0.4, 0.5) is 0 Å². The molecule has 0 atom stereocenters. The third-order valence-corrected chi connectivity index (χ3v) is 3.83. The second-order valence-corrected chi connectivity index (χ2v) is 5.04. The smallest absolute Gasteiger partial charge is 0.131 e. The highest BCUT2D eigenvalue weighted by molar-refractivity contribution is 5.92. The molecule has 3 rings (SSSR count). The summed E-state index contributed by atoms with van der Waals surface area (Å²) in [7, 11) is 6.56. The van der Waals surface area contributed by atoms with E-state index in [1.807, 2.05) is 36.4 Å². The summed E-state index contributed by atoms with van der Waals surface area (Å²) in [5.41, 5.74) is 2.82. The van der Waals surface area contributed by atoms with E-state index in [1.165, 1.54) is 0 Å². The van der Waals surface area contributed by atoms with Crippen LogP contribution in [0.25, 0.3) is 22.2 Å². The standard InChI is InChI=1S/C18H19NO4/c1-20-11-5-6-13(17(8-11)22-3)16-10-14-15(19-16)7-12(21-2)9-18(14)23-4/h5-10,19H,1-4H3. The minimum atomic E-state index is 0.738. The van der Waals surface area contributed by atoms with Crippen LogP contribution in [0, 0.1) is 0 Å². The van der Waals surface area contributed by atoms with E-state index >= 15 is 0 Å². The fourth-order valence-electron chi connectivity index (χ4n) is 2.63. The number of H-pyrrole nitrogens is 1. The third kappa shape index (κ3) is 2.65. The molecule has 0 fully saturated rings. The topological polar surface area (TPSA) is 52.7 Å². The maximum absolute atomic E-state index is 5.48. The van der Waals surface area contributed by atoms with Crippen LogP contribution >= 0.6 is 0 Å². The van der Waals surface area contributed by atoms with Crippen molar-refractivity contribution in [3.63, 3.8) is 0 Å². The highest BCUT2D eigenvalue weighted by atomic mass is 16.5. The van der Waals surface area contributed by atoms with Gasteiger partial charge in [0.25, 0.3) is 0 Å². The number of aromatic amines is 1. The molecule has 5 nitrogen and oxygen atoms in total. The molecule has 0 aliphatic carbocycles. The molecular weight excluding hydrogens is 294 g/mol. The van der Waals surface area contributed by atoms with Crippen molar-refractivity contribution in [3.8, 4) is 34.3 Å². The maximum Gasteiger partial charge on any atom is 0.131 e. The van der Waals surface area contributed by atoms with Crippen LogP contribution < -0.4 is 18.9 Å². The number of fused-ring (bicyclic) bond motifs is 1. The number of rotatable bonds is 5. The summed E-state index contributed by atoms with van der Waals surface area (Å²) >= 11 is 0. The number of benzene rings is 2. The van der Waals surface area contributed by atoms with Crippen molar-refractivity contribution in [2.75, 3.05) is 28.4 Å². The molecule has 0 saturated heterocycles. The Balaban J connectivity index is 2.17. The van der Waals surface area contributed by atoms with Crippen molar-refractivity contribution in [1.29, 1.82) is 0 Å². The molecule has 0 radical (unpaired) electrons. The molecule has 1 heterocycles. The number of aromatic nitrogens is 1. The fourth-order valence-corrected chi connectivity index (χ4v) is 2.63. The fraction of sp³-hybridized carbons (Fsp3) is 0.222. The Morgan fingerprint density at radius 3 is 2.04 bits per heavy atom. The first kappa shape index (κ1) is 15.1. The highest BCUT2D eigenvalue weighted by Crippen LogP contribution is 2.38. The first-order valence-electron chi connectivity index (χ1n) is 7.17. The van der Waals surface area contributed by atoms with E-state index in [-0.39, 0.29) is 0 Å². The van der Waals surface area contributed by atoms with E-state index < -0.39 is 0 Å². The van der Waals surface area contributed by atoms with Gasteiger partial charge >= 0.3 is 0 Å². The van der Waals surface area contributed by atoms with Gasteiger partial charge in [0.2, 0.25) is 0 Å². The van der Waals surface area contributed by atoms with Gasteiger partial charge < -0.3 is 23.9 Å². The monoisotopic (exact) mass is 313 g/mol. The SMILES string of the molecule is COc1ccc(-c2cc3c(OC)cc(OC)cc3[nH]2)c(OC)c1. The summed E-state index contributed by atoms with van der Waals surface area (Å²) in [6.07, 6.45) is 0. The summed E-state index contributed by atoms with van der Waals surface area (Å²) in [5.74, 6) is 2.99. The molecule has 0 aliphatic rings. The minimum Gasteiger partial charge on any atom is -0.497 e. The lowest BCUT2D eigenvalue weighted by Gasteiger charge is -2.08. The molecule has 120 valence electrons. The minimum absolute atomic E-state index is 0.738. The quantitative estimate of drug-likeness (QED) is 0.777. The predicted molar refractivity (Wildman–Crippen MR) is 89.9 cm³/mol. The molecule has 0 amide bonds. The predicted octanol–water partition coefficient (Wildman–Crippen LogP) is 3.87. The average molecular weight is 313 g/mol. The number of hydrogen-bond acceptors (Lipinski definition) is 4. The average Bonchev–Trinajstić information content (AvgIpc) is 3.03. The van der Waals surface area contributed by atoms with Crippen LogP contribution in [0.2, 0.25) is 0 Å². The van der Waals surface area contributed by atoms with E-state index in [2.05, 4.69) is 4.98 Å². The number of hydrogen-bond donors (Lipinski definition) is 1. The number of ether oxygens (including phenoxy) is 4. The van der Waals surface area contributed by atoms with Crippen LogP contribution in [0.15, 0.2) is 36.4 Å². The molecule has 0 spiro atoms. The Kier molecular flexibility index (Phi) is 4.02. The zero-order valence-corrected chi connectivity index (χ0v) is 13.6. The van der Waals surface area contributed by atoms with E-state index in [0.29, 0.717) is 0 Å². The molecule has 2 aromatic carbocycles. The normalized spacial score (nSPS) is 10.6. The van der Waals surface area contributed by atoms with Crippen LogP contribution in [0.3, 0.4) is 0 Å². The number of nitrogens with one attached hydrogen (secondary N) is 1. The lowest BCUT2D eigenvalue weighted by Crippen LogP contribution is -1.90. The second kappa shape index (κ2) is 6.12. The van der Waals surface area contributed by atoms with Crippen LogP contribution in [-0.2, 0) is 0 Å². The van der Waals surface area contributed by atoms with Gasteiger partial charge in [0.15, 0.2) is 0 Å². The van der Waals surface area contributed by atoms with Crippen LogP contribution in [0.1, 0.15) is 0 Å². The van der Waals surface area contributed by atoms with E-state index in [9.17, 15) is 0 Å². The van der Waals surface area contributed by atoms with Crippen LogP contribution in [-0.4, -0.2) is 33.4 Å². The third-order valence-electron chi connectivity index (χ3n) is 3.83. The first-order valence-corrected chi connectivity index (χ1v) is 7.17. The van der Waals surface area contributed by atoms with Crippen molar-refractivity contribution in [3.05, 3.63) is 36.4 Å². The first-order chi connectivity index (χ1) is 11.2. The van der Waals surface area contributed by atoms with Gasteiger partial charge in [-0.25, -0.2) is 0 Å². The molecule has 5 heteroatoms. The van der Waals surface area contributed by atoms with Crippen molar-refractivity contribution < 1.29 is 18.9 Å². The lowest BCUT2D eigenvalue weighted by atomic mass is 10.1. The summed E-state index contributed by atoms with van der Waals surface area (Å²) in [6, 6.07) is 11.6. The summed E-state index contributed by atoms with van der Waals surface area (Å²) in [5, 5.41) is 0.987. The molecular formula is C18H19NO4. The van der Waals surface area contributed by atoms with E-state index in [4.69, 9.17) is 18.9 Å². The Bertz CT molecular complexity index is 838. The van der Waals surface area contributed by atoms with Crippen molar-refractivity contribution in [2.45, 2.75) is 0 Å². The van der Waals surface area contributed by atoms with Crippen molar-refractivity contribution in [2.24, 2.45) is 0 Å². The van der Waals surface area contributed by atoms with Gasteiger partial charge in [0.1, 0.15) is 23.0 Å². The van der Waals surface area contributed by atoms with Gasteiger partial charge in [-0.05, 0) is 18.2 Å². The van der Waals surface area contributed by atoms with Gasteiger partial charge in [-0.3, -0.25) is 0 Å². The van der Waals surface area contributed by atoms with Gasteiger partial charge in [-0.1, -0.05) is 0 Å². The van der Waals surface area contributed by atoms with Gasteiger partial charge in [-0.15, -0.1) is 0 Å². The van der Waals surface area contributed by atoms with Crippen molar-refractivity contribution in [1.82, 2.24) is 4.98 Å². The molecule has 0 aliphatic heterocycles. The highest BCUT2D eigenvalue weighted by Gasteiger charge is 2.13. The molecule has 23 heavy (non-hydrogen) atoms.